The normalized spacial score (nSPS) is 11.4. The Labute approximate surface area is 43.3 Å². The highest BCUT2D eigenvalue weighted by molar-refractivity contribution is 4.92. The van der Waals surface area contributed by atoms with E-state index in [-0.39, 0.29) is 0 Å². The Morgan fingerprint density at radius 1 is 1.86 bits per heavy atom. The minimum atomic E-state index is 0.854. The number of hydrogen-bond donors (Lipinski definition) is 3. The topological polar surface area (TPSA) is 64.1 Å². The van der Waals surface area contributed by atoms with Gasteiger partial charge in [0.1, 0.15) is 0 Å². The van der Waals surface area contributed by atoms with Gasteiger partial charge >= 0.3 is 0 Å². The summed E-state index contributed by atoms with van der Waals surface area (Å²) in [6, 6.07) is 0. The Balaban J connectivity index is 3.38. The van der Waals surface area contributed by atoms with Gasteiger partial charge in [-0.2, -0.15) is 0 Å². The first-order chi connectivity index (χ1) is 3.35. The van der Waals surface area contributed by atoms with Crippen molar-refractivity contribution in [1.29, 1.82) is 0 Å². The Morgan fingerprint density at radius 2 is 2.43 bits per heavy atom. The predicted molar refractivity (Wildman–Crippen MR) is 29.9 cm³/mol. The SMILES string of the molecule is CC/C(=C/N)NN. The second-order valence-electron chi connectivity index (χ2n) is 1.19. The van der Waals surface area contributed by atoms with Gasteiger partial charge in [-0.15, -0.1) is 0 Å². The van der Waals surface area contributed by atoms with Crippen molar-refractivity contribution in [2.75, 3.05) is 0 Å². The van der Waals surface area contributed by atoms with Crippen LogP contribution in [0.3, 0.4) is 0 Å². The van der Waals surface area contributed by atoms with Gasteiger partial charge in [0, 0.05) is 11.9 Å². The first-order valence-corrected chi connectivity index (χ1v) is 2.22. The van der Waals surface area contributed by atoms with E-state index in [4.69, 9.17) is 11.6 Å². The predicted octanol–water partition coefficient (Wildman–Crippen LogP) is -0.340. The first kappa shape index (κ1) is 6.30. The summed E-state index contributed by atoms with van der Waals surface area (Å²) in [5.74, 6) is 5.00. The third-order valence-electron chi connectivity index (χ3n) is 0.767. The number of rotatable bonds is 2. The molecule has 0 amide bonds. The van der Waals surface area contributed by atoms with Gasteiger partial charge in [0.25, 0.3) is 0 Å². The molecule has 0 fully saturated rings. The number of allylic oxidation sites excluding steroid dienone is 1. The van der Waals surface area contributed by atoms with Crippen LogP contribution < -0.4 is 17.0 Å². The maximum absolute atomic E-state index is 5.09. The van der Waals surface area contributed by atoms with Crippen molar-refractivity contribution in [3.8, 4) is 0 Å². The summed E-state index contributed by atoms with van der Waals surface area (Å²) in [6.45, 7) is 1.97. The molecule has 7 heavy (non-hydrogen) atoms. The maximum Gasteiger partial charge on any atom is 0.0410 e. The first-order valence-electron chi connectivity index (χ1n) is 2.22. The van der Waals surface area contributed by atoms with Gasteiger partial charge in [0.2, 0.25) is 0 Å². The third kappa shape index (κ3) is 2.05. The van der Waals surface area contributed by atoms with Crippen LogP contribution in [0.5, 0.6) is 0 Å². The van der Waals surface area contributed by atoms with Gasteiger partial charge in [-0.05, 0) is 6.42 Å². The lowest BCUT2D eigenvalue weighted by Gasteiger charge is -1.97. The lowest BCUT2D eigenvalue weighted by Crippen LogP contribution is -2.21. The van der Waals surface area contributed by atoms with E-state index < -0.39 is 0 Å². The molecule has 0 atom stereocenters. The van der Waals surface area contributed by atoms with Crippen LogP contribution >= 0.6 is 0 Å². The number of hydrazine groups is 1. The van der Waals surface area contributed by atoms with Gasteiger partial charge in [-0.25, -0.2) is 0 Å². The molecule has 42 valence electrons. The zero-order chi connectivity index (χ0) is 5.70. The summed E-state index contributed by atoms with van der Waals surface area (Å²) in [5.41, 5.74) is 8.39. The van der Waals surface area contributed by atoms with Crippen LogP contribution in [0.1, 0.15) is 13.3 Å². The average molecular weight is 101 g/mol. The highest BCUT2D eigenvalue weighted by atomic mass is 15.2. The van der Waals surface area contributed by atoms with E-state index in [9.17, 15) is 0 Å². The van der Waals surface area contributed by atoms with Crippen molar-refractivity contribution in [3.05, 3.63) is 11.9 Å². The smallest absolute Gasteiger partial charge is 0.0410 e. The molecule has 0 unspecified atom stereocenters. The van der Waals surface area contributed by atoms with E-state index in [1.165, 1.54) is 6.20 Å². The van der Waals surface area contributed by atoms with E-state index in [0.29, 0.717) is 0 Å². The molecule has 0 aromatic rings. The molecule has 0 aromatic heterocycles. The van der Waals surface area contributed by atoms with E-state index in [0.717, 1.165) is 12.1 Å². The van der Waals surface area contributed by atoms with Crippen LogP contribution in [-0.2, 0) is 0 Å². The van der Waals surface area contributed by atoms with Crippen molar-refractivity contribution in [2.24, 2.45) is 11.6 Å². The Morgan fingerprint density at radius 3 is 2.43 bits per heavy atom. The second-order valence-corrected chi connectivity index (χ2v) is 1.19. The average Bonchev–Trinajstić information content (AvgIpc) is 1.72. The van der Waals surface area contributed by atoms with Crippen molar-refractivity contribution in [3.63, 3.8) is 0 Å². The Kier molecular flexibility index (Phi) is 3.14. The Bertz CT molecular complexity index is 61.3. The van der Waals surface area contributed by atoms with Crippen molar-refractivity contribution < 1.29 is 0 Å². The molecule has 0 spiro atoms. The van der Waals surface area contributed by atoms with Crippen molar-refractivity contribution in [1.82, 2.24) is 5.43 Å². The fraction of sp³-hybridized carbons (Fsp3) is 0.500. The minimum Gasteiger partial charge on any atom is -0.403 e. The number of hydrogen-bond acceptors (Lipinski definition) is 3. The van der Waals surface area contributed by atoms with Gasteiger partial charge < -0.3 is 11.2 Å². The molecule has 0 saturated carbocycles. The molecular weight excluding hydrogens is 90.1 g/mol. The minimum absolute atomic E-state index is 0.854. The van der Waals surface area contributed by atoms with Crippen LogP contribution in [0, 0.1) is 0 Å². The molecule has 5 N–H and O–H groups in total. The second kappa shape index (κ2) is 3.49. The number of nitrogens with one attached hydrogen (secondary N) is 1. The lowest BCUT2D eigenvalue weighted by atomic mass is 10.4. The van der Waals surface area contributed by atoms with Crippen molar-refractivity contribution in [2.45, 2.75) is 13.3 Å². The fourth-order valence-corrected chi connectivity index (χ4v) is 0.268. The van der Waals surface area contributed by atoms with Gasteiger partial charge in [0.15, 0.2) is 0 Å². The van der Waals surface area contributed by atoms with E-state index in [1.807, 2.05) is 6.92 Å². The van der Waals surface area contributed by atoms with E-state index in [1.54, 1.807) is 0 Å². The van der Waals surface area contributed by atoms with E-state index in [2.05, 4.69) is 5.43 Å². The third-order valence-corrected chi connectivity index (χ3v) is 0.767. The fourth-order valence-electron chi connectivity index (χ4n) is 0.268. The maximum atomic E-state index is 5.09. The standard InChI is InChI=1S/C4H11N3/c1-2-4(3-5)7-6/h3,7H,2,5-6H2,1H3/b4-3-. The Hall–Kier alpha value is -0.700. The highest BCUT2D eigenvalue weighted by Gasteiger charge is 1.81. The van der Waals surface area contributed by atoms with E-state index >= 15 is 0 Å². The van der Waals surface area contributed by atoms with Crippen LogP contribution in [0.25, 0.3) is 0 Å². The van der Waals surface area contributed by atoms with Crippen molar-refractivity contribution >= 4 is 0 Å². The lowest BCUT2D eigenvalue weighted by molar-refractivity contribution is 0.822. The van der Waals surface area contributed by atoms with Crippen LogP contribution in [0.15, 0.2) is 11.9 Å². The zero-order valence-corrected chi connectivity index (χ0v) is 4.44. The molecule has 0 heterocycles. The zero-order valence-electron chi connectivity index (χ0n) is 4.44. The molecule has 0 aliphatic rings. The molecule has 0 aliphatic carbocycles. The van der Waals surface area contributed by atoms with Gasteiger partial charge in [0.05, 0.1) is 0 Å². The summed E-state index contributed by atoms with van der Waals surface area (Å²) >= 11 is 0. The summed E-state index contributed by atoms with van der Waals surface area (Å²) in [5, 5.41) is 0. The largest absolute Gasteiger partial charge is 0.403 e. The number of nitrogens with two attached hydrogens (primary N) is 2. The molecule has 0 aromatic carbocycles. The highest BCUT2D eigenvalue weighted by Crippen LogP contribution is 1.86. The van der Waals surface area contributed by atoms with Crippen LogP contribution in [0.4, 0.5) is 0 Å². The molecular formula is C4H11N3. The molecule has 3 nitrogen and oxygen atoms in total. The quantitative estimate of drug-likeness (QED) is 0.329. The summed E-state index contributed by atoms with van der Waals surface area (Å²) in [7, 11) is 0. The molecule has 0 bridgehead atoms. The molecule has 0 saturated heterocycles. The summed E-state index contributed by atoms with van der Waals surface area (Å²) in [6.07, 6.45) is 2.31. The summed E-state index contributed by atoms with van der Waals surface area (Å²) in [4.78, 5) is 0. The summed E-state index contributed by atoms with van der Waals surface area (Å²) < 4.78 is 0. The van der Waals surface area contributed by atoms with Crippen LogP contribution in [-0.4, -0.2) is 0 Å². The van der Waals surface area contributed by atoms with Gasteiger partial charge in [-0.3, -0.25) is 5.84 Å². The molecule has 0 aliphatic heterocycles. The monoisotopic (exact) mass is 101 g/mol. The van der Waals surface area contributed by atoms with Gasteiger partial charge in [-0.1, -0.05) is 6.92 Å². The molecule has 3 heteroatoms. The molecule has 0 radical (unpaired) electrons. The molecule has 0 rings (SSSR count). The van der Waals surface area contributed by atoms with Crippen LogP contribution in [0.2, 0.25) is 0 Å².